The Morgan fingerprint density at radius 1 is 1.21 bits per heavy atom. The largest absolute Gasteiger partial charge is 0.433 e. The van der Waals surface area contributed by atoms with Crippen LogP contribution in [0.25, 0.3) is 0 Å². The monoisotopic (exact) mass is 329 g/mol. The number of hydrogen-bond acceptors (Lipinski definition) is 3. The summed E-state index contributed by atoms with van der Waals surface area (Å²) in [4.78, 5) is 3.59. The molecule has 3 nitrogen and oxygen atoms in total. The van der Waals surface area contributed by atoms with Gasteiger partial charge in [0.1, 0.15) is 17.6 Å². The van der Waals surface area contributed by atoms with Gasteiger partial charge in [-0.1, -0.05) is 24.3 Å². The summed E-state index contributed by atoms with van der Waals surface area (Å²) in [7, 11) is 0. The molecule has 2 aliphatic rings. The number of aromatic nitrogens is 1. The summed E-state index contributed by atoms with van der Waals surface area (Å²) in [5.74, 6) is 1.43. The van der Waals surface area contributed by atoms with E-state index in [2.05, 4.69) is 22.4 Å². The van der Waals surface area contributed by atoms with Crippen LogP contribution in [0.15, 0.2) is 36.4 Å². The number of nitrogens with zero attached hydrogens (tertiary/aromatic N) is 2. The predicted molar refractivity (Wildman–Crippen MR) is 82.3 cm³/mol. The van der Waals surface area contributed by atoms with E-state index in [4.69, 9.17) is 5.26 Å². The van der Waals surface area contributed by atoms with Gasteiger partial charge in [-0.25, -0.2) is 4.98 Å². The fourth-order valence-corrected chi connectivity index (χ4v) is 3.82. The highest BCUT2D eigenvalue weighted by Crippen LogP contribution is 2.61. The number of nitriles is 1. The summed E-state index contributed by atoms with van der Waals surface area (Å²) < 4.78 is 38.4. The quantitative estimate of drug-likeness (QED) is 0.927. The minimum absolute atomic E-state index is 0.0191. The molecule has 122 valence electrons. The van der Waals surface area contributed by atoms with Gasteiger partial charge in [0.2, 0.25) is 0 Å². The Hall–Kier alpha value is -2.55. The van der Waals surface area contributed by atoms with E-state index < -0.39 is 11.9 Å². The number of hydrogen-bond donors (Lipinski definition) is 1. The molecule has 3 unspecified atom stereocenters. The maximum Gasteiger partial charge on any atom is 0.433 e. The standard InChI is InChI=1S/C18H14F3N3/c19-18(20,21)15-6-5-11(8-22)17(24-15)23-9-14-13-7-10-3-1-2-4-12(10)16(13)14/h1-6,13-14,16H,7,9H2,(H,23,24). The maximum atomic E-state index is 12.8. The van der Waals surface area contributed by atoms with Gasteiger partial charge in [-0.05, 0) is 47.4 Å². The molecule has 1 N–H and O–H groups in total. The van der Waals surface area contributed by atoms with Crippen molar-refractivity contribution in [3.8, 4) is 6.07 Å². The normalized spacial score (nSPS) is 24.0. The molecule has 6 heteroatoms. The van der Waals surface area contributed by atoms with Crippen molar-refractivity contribution in [3.63, 3.8) is 0 Å². The van der Waals surface area contributed by atoms with Crippen LogP contribution >= 0.6 is 0 Å². The first-order chi connectivity index (χ1) is 11.5. The third kappa shape index (κ3) is 2.41. The molecule has 1 aromatic heterocycles. The zero-order valence-electron chi connectivity index (χ0n) is 12.6. The average Bonchev–Trinajstić information content (AvgIpc) is 3.10. The van der Waals surface area contributed by atoms with E-state index in [1.54, 1.807) is 0 Å². The first-order valence-electron chi connectivity index (χ1n) is 7.79. The molecule has 1 saturated carbocycles. The van der Waals surface area contributed by atoms with Crippen LogP contribution in [0.1, 0.15) is 28.3 Å². The molecule has 0 aliphatic heterocycles. The van der Waals surface area contributed by atoms with Crippen LogP contribution in [0.5, 0.6) is 0 Å². The Morgan fingerprint density at radius 3 is 2.75 bits per heavy atom. The summed E-state index contributed by atoms with van der Waals surface area (Å²) in [6, 6.07) is 12.2. The van der Waals surface area contributed by atoms with Crippen LogP contribution in [0, 0.1) is 23.2 Å². The number of pyridine rings is 1. The SMILES string of the molecule is N#Cc1ccc(C(F)(F)F)nc1NCC1C2Cc3ccccc3C12. The Balaban J connectivity index is 1.49. The number of anilines is 1. The summed E-state index contributed by atoms with van der Waals surface area (Å²) in [6.45, 7) is 0.534. The number of nitrogens with one attached hydrogen (secondary N) is 1. The first kappa shape index (κ1) is 15.0. The summed E-state index contributed by atoms with van der Waals surface area (Å²) in [5.41, 5.74) is 1.88. The molecular formula is C18H14F3N3. The van der Waals surface area contributed by atoms with Gasteiger partial charge in [-0.15, -0.1) is 0 Å². The van der Waals surface area contributed by atoms with Crippen molar-refractivity contribution in [2.75, 3.05) is 11.9 Å². The molecule has 24 heavy (non-hydrogen) atoms. The van der Waals surface area contributed by atoms with Gasteiger partial charge in [0.05, 0.1) is 5.56 Å². The molecule has 2 aromatic rings. The van der Waals surface area contributed by atoms with Crippen molar-refractivity contribution < 1.29 is 13.2 Å². The zero-order chi connectivity index (χ0) is 16.9. The Labute approximate surface area is 137 Å². The van der Waals surface area contributed by atoms with E-state index in [-0.39, 0.29) is 11.4 Å². The van der Waals surface area contributed by atoms with Crippen LogP contribution in [-0.4, -0.2) is 11.5 Å². The van der Waals surface area contributed by atoms with Crippen LogP contribution in [0.4, 0.5) is 19.0 Å². The molecule has 0 amide bonds. The second-order valence-corrected chi connectivity index (χ2v) is 6.34. The molecule has 1 fully saturated rings. The second kappa shape index (κ2) is 5.23. The smallest absolute Gasteiger partial charge is 0.369 e. The van der Waals surface area contributed by atoms with Crippen molar-refractivity contribution in [1.82, 2.24) is 4.98 Å². The molecule has 0 saturated heterocycles. The van der Waals surface area contributed by atoms with E-state index >= 15 is 0 Å². The predicted octanol–water partition coefficient (Wildman–Crippen LogP) is 3.97. The number of fused-ring (bicyclic) bond motifs is 3. The summed E-state index contributed by atoms with van der Waals surface area (Å²) in [6.07, 6.45) is -3.49. The van der Waals surface area contributed by atoms with Gasteiger partial charge < -0.3 is 5.32 Å². The topological polar surface area (TPSA) is 48.7 Å². The van der Waals surface area contributed by atoms with E-state index in [9.17, 15) is 13.2 Å². The molecule has 1 aromatic carbocycles. The molecule has 0 spiro atoms. The zero-order valence-corrected chi connectivity index (χ0v) is 12.6. The van der Waals surface area contributed by atoms with Crippen molar-refractivity contribution >= 4 is 5.82 Å². The highest BCUT2D eigenvalue weighted by Gasteiger charge is 2.54. The summed E-state index contributed by atoms with van der Waals surface area (Å²) >= 11 is 0. The van der Waals surface area contributed by atoms with Gasteiger partial charge in [0, 0.05) is 6.54 Å². The van der Waals surface area contributed by atoms with Crippen LogP contribution in [0.3, 0.4) is 0 Å². The van der Waals surface area contributed by atoms with E-state index in [1.807, 2.05) is 18.2 Å². The fraction of sp³-hybridized carbons (Fsp3) is 0.333. The van der Waals surface area contributed by atoms with Crippen molar-refractivity contribution in [2.45, 2.75) is 18.5 Å². The molecule has 1 heterocycles. The third-order valence-corrected chi connectivity index (χ3v) is 5.01. The van der Waals surface area contributed by atoms with Crippen LogP contribution < -0.4 is 5.32 Å². The average molecular weight is 329 g/mol. The Kier molecular flexibility index (Phi) is 3.27. The molecule has 0 radical (unpaired) electrons. The molecular weight excluding hydrogens is 315 g/mol. The van der Waals surface area contributed by atoms with Gasteiger partial charge in [0.25, 0.3) is 0 Å². The van der Waals surface area contributed by atoms with Crippen LogP contribution in [-0.2, 0) is 12.6 Å². The third-order valence-electron chi connectivity index (χ3n) is 5.01. The Bertz CT molecular complexity index is 838. The van der Waals surface area contributed by atoms with Crippen molar-refractivity contribution in [2.24, 2.45) is 11.8 Å². The van der Waals surface area contributed by atoms with Gasteiger partial charge >= 0.3 is 6.18 Å². The minimum Gasteiger partial charge on any atom is -0.369 e. The number of alkyl halides is 3. The number of halogens is 3. The lowest BCUT2D eigenvalue weighted by molar-refractivity contribution is -0.141. The van der Waals surface area contributed by atoms with Gasteiger partial charge in [-0.2, -0.15) is 18.4 Å². The lowest BCUT2D eigenvalue weighted by Gasteiger charge is -2.12. The highest BCUT2D eigenvalue weighted by molar-refractivity contribution is 5.53. The fourth-order valence-electron chi connectivity index (χ4n) is 3.82. The van der Waals surface area contributed by atoms with Gasteiger partial charge in [-0.3, -0.25) is 0 Å². The first-order valence-corrected chi connectivity index (χ1v) is 7.79. The van der Waals surface area contributed by atoms with E-state index in [0.29, 0.717) is 24.3 Å². The van der Waals surface area contributed by atoms with Crippen molar-refractivity contribution in [1.29, 1.82) is 5.26 Å². The highest BCUT2D eigenvalue weighted by atomic mass is 19.4. The lowest BCUT2D eigenvalue weighted by atomic mass is 10.0. The molecule has 3 atom stereocenters. The molecule has 0 bridgehead atoms. The van der Waals surface area contributed by atoms with Crippen molar-refractivity contribution in [3.05, 3.63) is 58.8 Å². The second-order valence-electron chi connectivity index (χ2n) is 6.34. The van der Waals surface area contributed by atoms with Gasteiger partial charge in [0.15, 0.2) is 0 Å². The molecule has 4 rings (SSSR count). The minimum atomic E-state index is -4.51. The maximum absolute atomic E-state index is 12.8. The Morgan fingerprint density at radius 2 is 2.00 bits per heavy atom. The van der Waals surface area contributed by atoms with E-state index in [0.717, 1.165) is 12.5 Å². The van der Waals surface area contributed by atoms with E-state index in [1.165, 1.54) is 17.2 Å². The summed E-state index contributed by atoms with van der Waals surface area (Å²) in [5, 5.41) is 12.0. The van der Waals surface area contributed by atoms with Crippen LogP contribution in [0.2, 0.25) is 0 Å². The molecule has 2 aliphatic carbocycles. The number of rotatable bonds is 3. The number of benzene rings is 1. The lowest BCUT2D eigenvalue weighted by Crippen LogP contribution is -2.14.